The van der Waals surface area contributed by atoms with Crippen LogP contribution in [-0.2, 0) is 25.8 Å². The molecular weight excluding hydrogens is 468 g/mol. The van der Waals surface area contributed by atoms with E-state index >= 15 is 0 Å². The van der Waals surface area contributed by atoms with Crippen molar-refractivity contribution in [3.05, 3.63) is 51.5 Å². The van der Waals surface area contributed by atoms with E-state index in [-0.39, 0.29) is 23.0 Å². The Balaban J connectivity index is 1.75. The van der Waals surface area contributed by atoms with Gasteiger partial charge in [0.05, 0.1) is 10.6 Å². The van der Waals surface area contributed by atoms with Crippen molar-refractivity contribution in [1.29, 1.82) is 0 Å². The number of hydrogen-bond donors (Lipinski definition) is 1. The molecule has 1 aliphatic heterocycles. The van der Waals surface area contributed by atoms with Crippen LogP contribution >= 0.6 is 27.5 Å². The summed E-state index contributed by atoms with van der Waals surface area (Å²) >= 11 is 9.19. The van der Waals surface area contributed by atoms with Crippen molar-refractivity contribution >= 4 is 60.6 Å². The summed E-state index contributed by atoms with van der Waals surface area (Å²) in [5, 5.41) is 3.11. The highest BCUT2D eigenvalue weighted by Crippen LogP contribution is 2.36. The van der Waals surface area contributed by atoms with Crippen molar-refractivity contribution in [2.45, 2.75) is 24.7 Å². The number of nitrogens with zero attached hydrogens (tertiary/aromatic N) is 1. The number of carbonyl (C=O) groups is 2. The number of amides is 2. The second-order valence-electron chi connectivity index (χ2n) is 6.46. The average molecular weight is 486 g/mol. The summed E-state index contributed by atoms with van der Waals surface area (Å²) in [6.45, 7) is 1.98. The van der Waals surface area contributed by atoms with Crippen LogP contribution in [0.4, 0.5) is 11.4 Å². The van der Waals surface area contributed by atoms with E-state index in [4.69, 9.17) is 11.6 Å². The maximum Gasteiger partial charge on any atom is 0.225 e. The number of halogens is 2. The first-order valence-corrected chi connectivity index (χ1v) is 11.4. The number of rotatable bonds is 5. The van der Waals surface area contributed by atoms with E-state index in [2.05, 4.69) is 21.2 Å². The Morgan fingerprint density at radius 3 is 2.68 bits per heavy atom. The number of carbonyl (C=O) groups excluding carboxylic acids is 2. The molecule has 0 saturated carbocycles. The number of benzene rings is 2. The van der Waals surface area contributed by atoms with Crippen LogP contribution in [0.2, 0.25) is 5.02 Å². The number of nitrogens with one attached hydrogen (secondary N) is 1. The van der Waals surface area contributed by atoms with Gasteiger partial charge in [-0.05, 0) is 58.2 Å². The fraction of sp³-hybridized carbons (Fsp3) is 0.263. The molecular formula is C19H18BrClN2O4S. The lowest BCUT2D eigenvalue weighted by Gasteiger charge is -2.16. The highest BCUT2D eigenvalue weighted by Gasteiger charge is 2.27. The Bertz CT molecular complexity index is 1060. The van der Waals surface area contributed by atoms with Crippen LogP contribution in [0.25, 0.3) is 0 Å². The Labute approximate surface area is 176 Å². The molecule has 0 unspecified atom stereocenters. The first kappa shape index (κ1) is 20.8. The number of hydrogen-bond acceptors (Lipinski definition) is 4. The Morgan fingerprint density at radius 1 is 1.25 bits per heavy atom. The normalized spacial score (nSPS) is 13.3. The van der Waals surface area contributed by atoms with E-state index in [0.29, 0.717) is 33.8 Å². The number of sulfone groups is 1. The van der Waals surface area contributed by atoms with E-state index in [1.54, 1.807) is 35.2 Å². The molecule has 3 rings (SSSR count). The van der Waals surface area contributed by atoms with Crippen molar-refractivity contribution < 1.29 is 18.0 Å². The molecule has 1 aliphatic rings. The van der Waals surface area contributed by atoms with E-state index < -0.39 is 15.7 Å². The quantitative estimate of drug-likeness (QED) is 0.698. The predicted octanol–water partition coefficient (Wildman–Crippen LogP) is 3.81. The predicted molar refractivity (Wildman–Crippen MR) is 113 cm³/mol. The van der Waals surface area contributed by atoms with Gasteiger partial charge in [0, 0.05) is 40.8 Å². The second-order valence-corrected chi connectivity index (χ2v) is 9.83. The molecule has 0 spiro atoms. The molecule has 2 amide bonds. The van der Waals surface area contributed by atoms with Gasteiger partial charge in [-0.3, -0.25) is 9.59 Å². The molecule has 1 heterocycles. The van der Waals surface area contributed by atoms with Gasteiger partial charge in [-0.2, -0.15) is 0 Å². The van der Waals surface area contributed by atoms with Crippen LogP contribution in [-0.4, -0.2) is 32.5 Å². The van der Waals surface area contributed by atoms with Crippen LogP contribution in [0.15, 0.2) is 45.8 Å². The maximum atomic E-state index is 12.8. The summed E-state index contributed by atoms with van der Waals surface area (Å²) in [6.07, 6.45) is 0.477. The molecule has 0 atom stereocenters. The largest absolute Gasteiger partial charge is 0.326 e. The molecule has 0 saturated heterocycles. The first-order chi connectivity index (χ1) is 13.2. The second kappa shape index (κ2) is 8.23. The fourth-order valence-corrected chi connectivity index (χ4v) is 5.72. The van der Waals surface area contributed by atoms with Crippen LogP contribution in [0.5, 0.6) is 0 Å². The minimum atomic E-state index is -3.73. The molecule has 0 bridgehead atoms. The lowest BCUT2D eigenvalue weighted by molar-refractivity contribution is -0.117. The Morgan fingerprint density at radius 2 is 2.00 bits per heavy atom. The van der Waals surface area contributed by atoms with Crippen molar-refractivity contribution in [2.75, 3.05) is 22.5 Å². The van der Waals surface area contributed by atoms with Gasteiger partial charge in [-0.1, -0.05) is 17.7 Å². The maximum absolute atomic E-state index is 12.8. The van der Waals surface area contributed by atoms with Gasteiger partial charge in [0.1, 0.15) is 0 Å². The van der Waals surface area contributed by atoms with Crippen LogP contribution in [0, 0.1) is 0 Å². The number of anilines is 2. The third-order valence-corrected chi connectivity index (χ3v) is 7.35. The molecule has 0 aliphatic carbocycles. The number of fused-ring (bicyclic) bond motifs is 1. The average Bonchev–Trinajstić information content (AvgIpc) is 3.02. The van der Waals surface area contributed by atoms with Crippen LogP contribution < -0.4 is 10.2 Å². The zero-order valence-electron chi connectivity index (χ0n) is 15.0. The summed E-state index contributed by atoms with van der Waals surface area (Å²) in [4.78, 5) is 25.5. The Kier molecular flexibility index (Phi) is 6.12. The zero-order chi connectivity index (χ0) is 20.5. The van der Waals surface area contributed by atoms with Gasteiger partial charge < -0.3 is 10.2 Å². The standard InChI is InChI=1S/C19H18BrClN2O4S/c1-12(24)23-7-5-13-9-16(20)18(11-17(13)23)28(26,27)8-6-19(25)22-15-4-2-3-14(21)10-15/h2-4,9-11H,5-8H2,1H3,(H,22,25). The van der Waals surface area contributed by atoms with Crippen LogP contribution in [0.1, 0.15) is 18.9 Å². The van der Waals surface area contributed by atoms with Gasteiger partial charge in [-0.15, -0.1) is 0 Å². The molecule has 6 nitrogen and oxygen atoms in total. The summed E-state index contributed by atoms with van der Waals surface area (Å²) in [5.41, 5.74) is 2.03. The van der Waals surface area contributed by atoms with Gasteiger partial charge in [0.2, 0.25) is 11.8 Å². The lowest BCUT2D eigenvalue weighted by Crippen LogP contribution is -2.26. The molecule has 9 heteroatoms. The summed E-state index contributed by atoms with van der Waals surface area (Å²) in [5.74, 6) is -0.907. The van der Waals surface area contributed by atoms with Gasteiger partial charge in [0.25, 0.3) is 0 Å². The van der Waals surface area contributed by atoms with Gasteiger partial charge in [0.15, 0.2) is 9.84 Å². The minimum absolute atomic E-state index is 0.0787. The van der Waals surface area contributed by atoms with Crippen molar-refractivity contribution in [3.63, 3.8) is 0 Å². The van der Waals surface area contributed by atoms with E-state index in [1.807, 2.05) is 0 Å². The van der Waals surface area contributed by atoms with Gasteiger partial charge >= 0.3 is 0 Å². The molecule has 0 aromatic heterocycles. The lowest BCUT2D eigenvalue weighted by atomic mass is 10.2. The monoisotopic (exact) mass is 484 g/mol. The summed E-state index contributed by atoms with van der Waals surface area (Å²) < 4.78 is 26.0. The first-order valence-electron chi connectivity index (χ1n) is 8.56. The SMILES string of the molecule is CC(=O)N1CCc2cc(Br)c(S(=O)(=O)CCC(=O)Nc3cccc(Cl)c3)cc21. The third-order valence-electron chi connectivity index (χ3n) is 4.45. The van der Waals surface area contributed by atoms with Gasteiger partial charge in [-0.25, -0.2) is 8.42 Å². The molecule has 1 N–H and O–H groups in total. The molecule has 0 radical (unpaired) electrons. The molecule has 28 heavy (non-hydrogen) atoms. The summed E-state index contributed by atoms with van der Waals surface area (Å²) in [7, 11) is -3.73. The highest BCUT2D eigenvalue weighted by atomic mass is 79.9. The van der Waals surface area contributed by atoms with Crippen LogP contribution in [0.3, 0.4) is 0 Å². The minimum Gasteiger partial charge on any atom is -0.326 e. The van der Waals surface area contributed by atoms with Crippen molar-refractivity contribution in [2.24, 2.45) is 0 Å². The highest BCUT2D eigenvalue weighted by molar-refractivity contribution is 9.10. The summed E-state index contributed by atoms with van der Waals surface area (Å²) in [6, 6.07) is 9.87. The van der Waals surface area contributed by atoms with E-state index in [0.717, 1.165) is 5.56 Å². The van der Waals surface area contributed by atoms with E-state index in [1.165, 1.54) is 13.0 Å². The molecule has 2 aromatic carbocycles. The zero-order valence-corrected chi connectivity index (χ0v) is 18.2. The fourth-order valence-electron chi connectivity index (χ4n) is 3.08. The molecule has 2 aromatic rings. The Hall–Kier alpha value is -1.90. The van der Waals surface area contributed by atoms with E-state index in [9.17, 15) is 18.0 Å². The van der Waals surface area contributed by atoms with Crippen molar-refractivity contribution in [3.8, 4) is 0 Å². The topological polar surface area (TPSA) is 83.6 Å². The third kappa shape index (κ3) is 4.56. The molecule has 148 valence electrons. The smallest absolute Gasteiger partial charge is 0.225 e. The van der Waals surface area contributed by atoms with Crippen molar-refractivity contribution in [1.82, 2.24) is 0 Å². The molecule has 0 fully saturated rings.